The Morgan fingerprint density at radius 3 is 2.91 bits per heavy atom. The molecule has 1 N–H and O–H groups in total. The largest absolute Gasteiger partial charge is 0.508 e. The minimum atomic E-state index is 0.279. The van der Waals surface area contributed by atoms with Crippen LogP contribution in [0.4, 0.5) is 0 Å². The van der Waals surface area contributed by atoms with Crippen molar-refractivity contribution >= 4 is 15.4 Å². The minimum Gasteiger partial charge on any atom is -0.508 e. The second kappa shape index (κ2) is 3.39. The molecule has 1 aromatic carbocycles. The molecule has 55 valence electrons. The van der Waals surface area contributed by atoms with Crippen molar-refractivity contribution in [3.8, 4) is 5.75 Å². The van der Waals surface area contributed by atoms with Gasteiger partial charge in [0.25, 0.3) is 0 Å². The molecule has 2 heteroatoms. The zero-order valence-electron chi connectivity index (χ0n) is 6.17. The maximum Gasteiger partial charge on any atom is 0.114 e. The molecule has 0 unspecified atom stereocenters. The molecule has 3 radical (unpaired) electrons. The van der Waals surface area contributed by atoms with Crippen LogP contribution in [0.1, 0.15) is 5.56 Å². The van der Waals surface area contributed by atoms with Crippen LogP contribution in [-0.2, 0) is 6.42 Å². The first kappa shape index (κ1) is 8.08. The van der Waals surface area contributed by atoms with Crippen LogP contribution in [0, 0.1) is 0 Å². The minimum absolute atomic E-state index is 0.279. The fourth-order valence-corrected chi connectivity index (χ4v) is 1.18. The molecule has 0 amide bonds. The third-order valence-electron chi connectivity index (χ3n) is 1.49. The molecule has 1 rings (SSSR count). The third kappa shape index (κ3) is 1.71. The molecule has 0 spiro atoms. The quantitative estimate of drug-likeness (QED) is 0.505. The standard InChI is InChI=1S/C9H9OSi/c1-2-4-7-5-3-6-8(10)9(7)11/h2-3,5-6,10H,1,4H2. The Hall–Kier alpha value is -1.02. The second-order valence-corrected chi connectivity index (χ2v) is 2.80. The van der Waals surface area contributed by atoms with Crippen LogP contribution in [0.5, 0.6) is 5.75 Å². The fourth-order valence-electron chi connectivity index (χ4n) is 0.912. The van der Waals surface area contributed by atoms with Crippen LogP contribution in [-0.4, -0.2) is 15.3 Å². The van der Waals surface area contributed by atoms with Crippen LogP contribution in [0.15, 0.2) is 30.9 Å². The number of allylic oxidation sites excluding steroid dienone is 1. The van der Waals surface area contributed by atoms with Gasteiger partial charge in [-0.05, 0) is 23.2 Å². The van der Waals surface area contributed by atoms with Crippen molar-refractivity contribution in [2.45, 2.75) is 6.42 Å². The number of rotatable bonds is 2. The first-order valence-corrected chi connectivity index (χ1v) is 3.89. The fraction of sp³-hybridized carbons (Fsp3) is 0.111. The average molecular weight is 161 g/mol. The lowest BCUT2D eigenvalue weighted by Crippen LogP contribution is -2.09. The molecule has 0 aliphatic heterocycles. The number of phenolic OH excluding ortho intramolecular Hbond substituents is 1. The van der Waals surface area contributed by atoms with Crippen LogP contribution in [0.25, 0.3) is 0 Å². The average Bonchev–Trinajstić information content (AvgIpc) is 1.99. The van der Waals surface area contributed by atoms with E-state index in [4.69, 9.17) is 0 Å². The van der Waals surface area contributed by atoms with E-state index in [1.807, 2.05) is 12.1 Å². The molecule has 0 heterocycles. The molecule has 1 aromatic rings. The highest BCUT2D eigenvalue weighted by molar-refractivity contribution is 6.35. The van der Waals surface area contributed by atoms with Gasteiger partial charge in [-0.1, -0.05) is 18.2 Å². The lowest BCUT2D eigenvalue weighted by atomic mass is 10.1. The van der Waals surface area contributed by atoms with Gasteiger partial charge in [-0.25, -0.2) is 0 Å². The first-order valence-electron chi connectivity index (χ1n) is 3.39. The summed E-state index contributed by atoms with van der Waals surface area (Å²) in [6.07, 6.45) is 2.58. The van der Waals surface area contributed by atoms with Gasteiger partial charge < -0.3 is 5.11 Å². The van der Waals surface area contributed by atoms with Crippen LogP contribution >= 0.6 is 0 Å². The van der Waals surface area contributed by atoms with E-state index in [2.05, 4.69) is 16.8 Å². The van der Waals surface area contributed by atoms with Crippen molar-refractivity contribution in [1.82, 2.24) is 0 Å². The summed E-state index contributed by atoms with van der Waals surface area (Å²) in [6, 6.07) is 5.41. The molecule has 0 bridgehead atoms. The monoisotopic (exact) mass is 161 g/mol. The number of aromatic hydroxyl groups is 1. The zero-order chi connectivity index (χ0) is 8.27. The SMILES string of the molecule is C=CCc1cccc(O)c1[Si]. The topological polar surface area (TPSA) is 20.2 Å². The summed E-state index contributed by atoms with van der Waals surface area (Å²) < 4.78 is 0. The van der Waals surface area contributed by atoms with Crippen molar-refractivity contribution in [3.63, 3.8) is 0 Å². The zero-order valence-corrected chi connectivity index (χ0v) is 7.17. The smallest absolute Gasteiger partial charge is 0.114 e. The van der Waals surface area contributed by atoms with Crippen LogP contribution in [0.3, 0.4) is 0 Å². The van der Waals surface area contributed by atoms with E-state index >= 15 is 0 Å². The number of phenols is 1. The van der Waals surface area contributed by atoms with Gasteiger partial charge in [-0.15, -0.1) is 6.58 Å². The van der Waals surface area contributed by atoms with Gasteiger partial charge in [0.15, 0.2) is 0 Å². The van der Waals surface area contributed by atoms with E-state index in [0.717, 1.165) is 17.2 Å². The van der Waals surface area contributed by atoms with Crippen molar-refractivity contribution in [3.05, 3.63) is 36.4 Å². The molecule has 11 heavy (non-hydrogen) atoms. The lowest BCUT2D eigenvalue weighted by molar-refractivity contribution is 0.479. The van der Waals surface area contributed by atoms with Crippen molar-refractivity contribution in [1.29, 1.82) is 0 Å². The van der Waals surface area contributed by atoms with Gasteiger partial charge >= 0.3 is 0 Å². The van der Waals surface area contributed by atoms with Crippen LogP contribution < -0.4 is 5.19 Å². The summed E-state index contributed by atoms with van der Waals surface area (Å²) in [6.45, 7) is 3.62. The molecule has 0 atom stereocenters. The van der Waals surface area contributed by atoms with E-state index in [1.54, 1.807) is 12.1 Å². The molecule has 0 saturated heterocycles. The summed E-state index contributed by atoms with van der Waals surface area (Å²) in [5, 5.41) is 10.0. The van der Waals surface area contributed by atoms with Crippen molar-refractivity contribution in [2.24, 2.45) is 0 Å². The summed E-state index contributed by atoms with van der Waals surface area (Å²) >= 11 is 0. The molecule has 0 fully saturated rings. The summed E-state index contributed by atoms with van der Waals surface area (Å²) in [7, 11) is 3.33. The third-order valence-corrected chi connectivity index (χ3v) is 2.07. The highest BCUT2D eigenvalue weighted by atomic mass is 28.1. The Labute approximate surface area is 69.8 Å². The molecular weight excluding hydrogens is 152 g/mol. The summed E-state index contributed by atoms with van der Waals surface area (Å²) in [4.78, 5) is 0. The number of hydrogen-bond donors (Lipinski definition) is 1. The van der Waals surface area contributed by atoms with Gasteiger partial charge in [-0.2, -0.15) is 0 Å². The Morgan fingerprint density at radius 1 is 1.55 bits per heavy atom. The van der Waals surface area contributed by atoms with Gasteiger partial charge in [0.2, 0.25) is 0 Å². The molecule has 0 saturated carbocycles. The Balaban J connectivity index is 3.05. The summed E-state index contributed by atoms with van der Waals surface area (Å²) in [5.74, 6) is 0.279. The van der Waals surface area contributed by atoms with Crippen molar-refractivity contribution < 1.29 is 5.11 Å². The van der Waals surface area contributed by atoms with Crippen molar-refractivity contribution in [2.75, 3.05) is 0 Å². The lowest BCUT2D eigenvalue weighted by Gasteiger charge is -2.03. The maximum absolute atomic E-state index is 9.24. The first-order chi connectivity index (χ1) is 5.25. The van der Waals surface area contributed by atoms with Gasteiger partial charge in [-0.3, -0.25) is 0 Å². The molecular formula is C9H9OSi. The maximum atomic E-state index is 9.24. The molecule has 1 nitrogen and oxygen atoms in total. The number of benzene rings is 1. The highest BCUT2D eigenvalue weighted by Crippen LogP contribution is 2.06. The number of hydrogen-bond acceptors (Lipinski definition) is 1. The van der Waals surface area contributed by atoms with E-state index in [1.165, 1.54) is 0 Å². The normalized spacial score (nSPS) is 9.55. The van der Waals surface area contributed by atoms with E-state index < -0.39 is 0 Å². The van der Waals surface area contributed by atoms with E-state index in [-0.39, 0.29) is 5.75 Å². The van der Waals surface area contributed by atoms with Gasteiger partial charge in [0, 0.05) is 0 Å². The Kier molecular flexibility index (Phi) is 2.49. The highest BCUT2D eigenvalue weighted by Gasteiger charge is 1.99. The van der Waals surface area contributed by atoms with E-state index in [0.29, 0.717) is 0 Å². The second-order valence-electron chi connectivity index (χ2n) is 2.30. The molecule has 0 aromatic heterocycles. The summed E-state index contributed by atoms with van der Waals surface area (Å²) in [5.41, 5.74) is 1.05. The van der Waals surface area contributed by atoms with Crippen LogP contribution in [0.2, 0.25) is 0 Å². The van der Waals surface area contributed by atoms with Gasteiger partial charge in [0.1, 0.15) is 5.75 Å². The Morgan fingerprint density at radius 2 is 2.27 bits per heavy atom. The predicted molar refractivity (Wildman–Crippen MR) is 47.4 cm³/mol. The predicted octanol–water partition coefficient (Wildman–Crippen LogP) is 0.914. The molecule has 0 aliphatic rings. The van der Waals surface area contributed by atoms with Gasteiger partial charge in [0.05, 0.1) is 10.2 Å². The molecule has 0 aliphatic carbocycles. The van der Waals surface area contributed by atoms with E-state index in [9.17, 15) is 5.11 Å². The Bertz CT molecular complexity index is 268.